The number of ether oxygens (including phenoxy) is 3. The Morgan fingerprint density at radius 2 is 1.31 bits per heavy atom. The molecular weight excluding hydrogens is 516 g/mol. The first kappa shape index (κ1) is 29.3. The zero-order valence-corrected chi connectivity index (χ0v) is 22.7. The van der Waals surface area contributed by atoms with Gasteiger partial charge < -0.3 is 14.2 Å². The molecule has 0 unspecified atom stereocenters. The molecule has 0 spiro atoms. The van der Waals surface area contributed by atoms with Gasteiger partial charge in [0.25, 0.3) is 16.6 Å². The molecule has 0 aromatic heterocycles. The highest BCUT2D eigenvalue weighted by Gasteiger charge is 2.12. The average molecular weight is 547 g/mol. The van der Waals surface area contributed by atoms with Crippen LogP contribution in [0, 0.1) is 30.6 Å². The van der Waals surface area contributed by atoms with Crippen molar-refractivity contribution in [2.75, 3.05) is 19.0 Å². The fourth-order valence-electron chi connectivity index (χ4n) is 3.33. The van der Waals surface area contributed by atoms with Gasteiger partial charge in [-0.25, -0.2) is 0 Å². The van der Waals surface area contributed by atoms with Crippen LogP contribution in [0.1, 0.15) is 54.0 Å². The number of unbranched alkanes of at least 4 members (excludes halogenated alkanes) is 1. The maximum atomic E-state index is 11.1. The summed E-state index contributed by atoms with van der Waals surface area (Å²) in [6, 6.07) is 18.1. The molecule has 7 nitrogen and oxygen atoms in total. The number of hydrogen-bond acceptors (Lipinski definition) is 6. The Balaban J connectivity index is 1.99. The lowest BCUT2D eigenvalue weighted by Gasteiger charge is -2.13. The molecule has 39 heavy (non-hydrogen) atoms. The molecule has 0 amide bonds. The lowest BCUT2D eigenvalue weighted by atomic mass is 10.1. The summed E-state index contributed by atoms with van der Waals surface area (Å²) >= 11 is 0. The second kappa shape index (κ2) is 14.6. The van der Waals surface area contributed by atoms with Crippen LogP contribution in [0.5, 0.6) is 17.2 Å². The van der Waals surface area contributed by atoms with Crippen LogP contribution in [0.25, 0.3) is 0 Å². The first-order chi connectivity index (χ1) is 18.8. The minimum Gasteiger partial charge on any atom is -0.492 e. The van der Waals surface area contributed by atoms with E-state index in [2.05, 4.69) is 30.6 Å². The Morgan fingerprint density at radius 1 is 0.795 bits per heavy atom. The van der Waals surface area contributed by atoms with Crippen molar-refractivity contribution in [2.24, 2.45) is 0 Å². The van der Waals surface area contributed by atoms with E-state index in [1.165, 1.54) is 0 Å². The van der Waals surface area contributed by atoms with Crippen molar-refractivity contribution >= 4 is 16.6 Å². The summed E-state index contributed by atoms with van der Waals surface area (Å²) < 4.78 is 48.0. The van der Waals surface area contributed by atoms with E-state index in [1.807, 2.05) is 31.2 Å². The Labute approximate surface area is 229 Å². The Hall–Kier alpha value is -4.24. The molecule has 3 aromatic carbocycles. The molecule has 0 bridgehead atoms. The molecule has 0 atom stereocenters. The van der Waals surface area contributed by atoms with E-state index in [4.69, 9.17) is 18.8 Å². The van der Waals surface area contributed by atoms with E-state index in [0.717, 1.165) is 24.0 Å². The summed E-state index contributed by atoms with van der Waals surface area (Å²) in [5.41, 5.74) is 3.80. The van der Waals surface area contributed by atoms with Gasteiger partial charge >= 0.3 is 0 Å². The maximum absolute atomic E-state index is 11.1. The highest BCUT2D eigenvalue weighted by Crippen LogP contribution is 2.29. The first-order valence-electron chi connectivity index (χ1n) is 12.5. The summed E-state index contributed by atoms with van der Waals surface area (Å²) in [4.78, 5) is 10.5. The molecule has 0 saturated heterocycles. The first-order valence-corrected chi connectivity index (χ1v) is 14.1. The largest absolute Gasteiger partial charge is 0.492 e. The van der Waals surface area contributed by atoms with Crippen molar-refractivity contribution in [3.8, 4) is 40.9 Å². The lowest BCUT2D eigenvalue weighted by molar-refractivity contribution is -0.120. The van der Waals surface area contributed by atoms with Gasteiger partial charge in [-0.2, -0.15) is 8.42 Å². The van der Waals surface area contributed by atoms with E-state index >= 15 is 0 Å². The molecular formula is C31H30O7S. The predicted molar refractivity (Wildman–Crippen MR) is 150 cm³/mol. The van der Waals surface area contributed by atoms with Crippen LogP contribution < -0.4 is 14.2 Å². The van der Waals surface area contributed by atoms with Gasteiger partial charge in [0.1, 0.15) is 17.2 Å². The van der Waals surface area contributed by atoms with E-state index in [1.54, 1.807) is 36.4 Å². The molecule has 0 aliphatic rings. The van der Waals surface area contributed by atoms with Gasteiger partial charge in [0.05, 0.1) is 30.1 Å². The van der Waals surface area contributed by atoms with Gasteiger partial charge in [0.2, 0.25) is 0 Å². The number of hydrogen-bond donors (Lipinski definition) is 1. The summed E-state index contributed by atoms with van der Waals surface area (Å²) in [6.07, 6.45) is 1.93. The predicted octanol–water partition coefficient (Wildman–Crippen LogP) is 5.17. The number of aryl methyl sites for hydroxylation is 1. The molecule has 0 heterocycles. The quantitative estimate of drug-likeness (QED) is 0.153. The smallest absolute Gasteiger partial charge is 0.298 e. The second-order valence-corrected chi connectivity index (χ2v) is 10.2. The van der Waals surface area contributed by atoms with E-state index in [-0.39, 0.29) is 13.0 Å². The van der Waals surface area contributed by atoms with Gasteiger partial charge in [-0.05, 0) is 56.2 Å². The third kappa shape index (κ3) is 10.2. The molecule has 0 radical (unpaired) electrons. The number of carbonyl (C=O) groups excluding carboxylic acids is 1. The molecule has 3 aromatic rings. The zero-order chi connectivity index (χ0) is 28.1. The Kier molecular flexibility index (Phi) is 11.0. The number of carbonyl (C=O) groups is 1. The fourth-order valence-corrected chi connectivity index (χ4v) is 3.82. The summed E-state index contributed by atoms with van der Waals surface area (Å²) in [5, 5.41) is 0. The monoisotopic (exact) mass is 546 g/mol. The van der Waals surface area contributed by atoms with Gasteiger partial charge in [-0.15, -0.1) is 0 Å². The molecule has 202 valence electrons. The van der Waals surface area contributed by atoms with Crippen molar-refractivity contribution < 1.29 is 32.0 Å². The average Bonchev–Trinajstić information content (AvgIpc) is 2.91. The Bertz CT molecular complexity index is 1490. The van der Waals surface area contributed by atoms with Crippen molar-refractivity contribution in [1.82, 2.24) is 0 Å². The molecule has 0 aliphatic carbocycles. The van der Waals surface area contributed by atoms with Crippen LogP contribution in [0.4, 0.5) is 0 Å². The summed E-state index contributed by atoms with van der Waals surface area (Å²) in [6.45, 7) is 5.00. The highest BCUT2D eigenvalue weighted by molar-refractivity contribution is 7.85. The second-order valence-electron chi connectivity index (χ2n) is 8.64. The zero-order valence-electron chi connectivity index (χ0n) is 21.9. The van der Waals surface area contributed by atoms with Crippen LogP contribution >= 0.6 is 0 Å². The van der Waals surface area contributed by atoms with Crippen LogP contribution in [0.3, 0.4) is 0 Å². The van der Waals surface area contributed by atoms with Crippen LogP contribution in [0.15, 0.2) is 60.7 Å². The van der Waals surface area contributed by atoms with Gasteiger partial charge in [0, 0.05) is 23.3 Å². The van der Waals surface area contributed by atoms with Crippen molar-refractivity contribution in [3.05, 3.63) is 88.5 Å². The SMILES string of the molecule is CCCCOc1cc(C#Cc2ccc(C)cc2)c(OCCCS(=O)(=O)O)cc1C#Cc1ccc(OC=O)cc1. The van der Waals surface area contributed by atoms with E-state index in [9.17, 15) is 13.2 Å². The number of rotatable bonds is 11. The number of benzene rings is 3. The van der Waals surface area contributed by atoms with Crippen molar-refractivity contribution in [3.63, 3.8) is 0 Å². The third-order valence-electron chi connectivity index (χ3n) is 5.41. The molecule has 3 rings (SSSR count). The normalized spacial score (nSPS) is 10.4. The molecule has 0 saturated carbocycles. The summed E-state index contributed by atoms with van der Waals surface area (Å²) in [7, 11) is -4.09. The minimum absolute atomic E-state index is 0.0557. The molecule has 0 fully saturated rings. The minimum atomic E-state index is -4.09. The van der Waals surface area contributed by atoms with E-state index in [0.29, 0.717) is 47.0 Å². The topological polar surface area (TPSA) is 99.1 Å². The van der Waals surface area contributed by atoms with Crippen LogP contribution in [-0.2, 0) is 14.9 Å². The standard InChI is InChI=1S/C31H30O7S/c1-3-4-18-36-30-21-28(14-10-25-8-6-24(2)7-9-25)31(37-19-5-20-39(33,34)35)22-27(30)15-11-26-12-16-29(17-13-26)38-23-32/h6-9,12-13,16-17,21-23H,3-5,18-20H2,1-2H3,(H,33,34,35). The molecule has 0 aliphatic heterocycles. The lowest BCUT2D eigenvalue weighted by Crippen LogP contribution is -2.09. The maximum Gasteiger partial charge on any atom is 0.298 e. The van der Waals surface area contributed by atoms with Gasteiger partial charge in [-0.1, -0.05) is 54.7 Å². The highest BCUT2D eigenvalue weighted by atomic mass is 32.2. The summed E-state index contributed by atoms with van der Waals surface area (Å²) in [5.74, 6) is 13.5. The third-order valence-corrected chi connectivity index (χ3v) is 6.22. The Morgan fingerprint density at radius 3 is 1.79 bits per heavy atom. The fraction of sp³-hybridized carbons (Fsp3) is 0.258. The van der Waals surface area contributed by atoms with E-state index < -0.39 is 15.9 Å². The van der Waals surface area contributed by atoms with Gasteiger partial charge in [-0.3, -0.25) is 9.35 Å². The van der Waals surface area contributed by atoms with Crippen LogP contribution in [-0.4, -0.2) is 38.4 Å². The molecule has 1 N–H and O–H groups in total. The van der Waals surface area contributed by atoms with Crippen LogP contribution in [0.2, 0.25) is 0 Å². The van der Waals surface area contributed by atoms with Gasteiger partial charge in [0.15, 0.2) is 0 Å². The van der Waals surface area contributed by atoms with Crippen molar-refractivity contribution in [2.45, 2.75) is 33.1 Å². The van der Waals surface area contributed by atoms with Crippen molar-refractivity contribution in [1.29, 1.82) is 0 Å². The molecule has 8 heteroatoms.